The van der Waals surface area contributed by atoms with Crippen LogP contribution in [0.5, 0.6) is 0 Å². The van der Waals surface area contributed by atoms with Crippen LogP contribution in [0.1, 0.15) is 45.7 Å². The molecule has 2 aromatic rings. The molecule has 4 N–H and O–H groups in total. The van der Waals surface area contributed by atoms with Crippen molar-refractivity contribution >= 4 is 24.0 Å². The van der Waals surface area contributed by atoms with E-state index in [0.717, 1.165) is 20.1 Å². The zero-order chi connectivity index (χ0) is 26.0. The number of hydrogen-bond acceptors (Lipinski definition) is 5. The highest BCUT2D eigenvalue weighted by Crippen LogP contribution is 2.21. The van der Waals surface area contributed by atoms with Crippen LogP contribution in [0.3, 0.4) is 0 Å². The number of halogens is 2. The summed E-state index contributed by atoms with van der Waals surface area (Å²) in [4.78, 5) is 46.7. The van der Waals surface area contributed by atoms with Crippen LogP contribution < -0.4 is 16.1 Å². The van der Waals surface area contributed by atoms with Crippen LogP contribution in [-0.2, 0) is 9.59 Å². The number of aldehydes is 1. The van der Waals surface area contributed by atoms with Gasteiger partial charge in [-0.2, -0.15) is 0 Å². The average Bonchev–Trinajstić information content (AvgIpc) is 2.84. The van der Waals surface area contributed by atoms with Crippen LogP contribution >= 0.6 is 0 Å². The SMILES string of the molecule is CC(=O)NC(C)(C(F)F)C(NC(=O)c1ccc(C#CC#Cc2ccc(C=O)cc2)cc1)C(=O)NO. The highest BCUT2D eigenvalue weighted by Gasteiger charge is 2.48. The van der Waals surface area contributed by atoms with E-state index in [1.165, 1.54) is 29.7 Å². The molecule has 2 aromatic carbocycles. The quantitative estimate of drug-likeness (QED) is 0.207. The predicted molar refractivity (Wildman–Crippen MR) is 121 cm³/mol. The van der Waals surface area contributed by atoms with Gasteiger partial charge in [-0.3, -0.25) is 24.4 Å². The first-order valence-electron chi connectivity index (χ1n) is 10.1. The normalized spacial score (nSPS) is 12.5. The maximum absolute atomic E-state index is 13.7. The Bertz CT molecular complexity index is 1220. The van der Waals surface area contributed by atoms with E-state index in [0.29, 0.717) is 16.7 Å². The number of nitrogens with one attached hydrogen (secondary N) is 3. The third-order valence-electron chi connectivity index (χ3n) is 4.82. The second kappa shape index (κ2) is 12.1. The molecule has 0 bridgehead atoms. The van der Waals surface area contributed by atoms with Crippen LogP contribution in [0.15, 0.2) is 48.5 Å². The van der Waals surface area contributed by atoms with Gasteiger partial charge in [-0.25, -0.2) is 14.3 Å². The van der Waals surface area contributed by atoms with Gasteiger partial charge in [-0.15, -0.1) is 0 Å². The highest BCUT2D eigenvalue weighted by atomic mass is 19.3. The lowest BCUT2D eigenvalue weighted by Crippen LogP contribution is -2.68. The van der Waals surface area contributed by atoms with E-state index in [4.69, 9.17) is 5.21 Å². The van der Waals surface area contributed by atoms with E-state index in [1.807, 2.05) is 5.32 Å². The first kappa shape index (κ1) is 26.7. The highest BCUT2D eigenvalue weighted by molar-refractivity contribution is 5.98. The van der Waals surface area contributed by atoms with Crippen LogP contribution in [0.2, 0.25) is 0 Å². The van der Waals surface area contributed by atoms with E-state index < -0.39 is 35.7 Å². The molecule has 0 aliphatic rings. The van der Waals surface area contributed by atoms with Crippen molar-refractivity contribution < 1.29 is 33.2 Å². The van der Waals surface area contributed by atoms with E-state index >= 15 is 0 Å². The van der Waals surface area contributed by atoms with Crippen LogP contribution in [0.4, 0.5) is 8.78 Å². The van der Waals surface area contributed by atoms with Gasteiger partial charge >= 0.3 is 0 Å². The van der Waals surface area contributed by atoms with E-state index in [9.17, 15) is 28.0 Å². The van der Waals surface area contributed by atoms with Gasteiger partial charge < -0.3 is 10.6 Å². The molecule has 0 spiro atoms. The Balaban J connectivity index is 2.16. The molecular formula is C25H21F2N3O5. The van der Waals surface area contributed by atoms with Crippen molar-refractivity contribution in [2.45, 2.75) is 31.9 Å². The Kier molecular flexibility index (Phi) is 9.21. The Morgan fingerprint density at radius 2 is 1.49 bits per heavy atom. The van der Waals surface area contributed by atoms with E-state index in [-0.39, 0.29) is 5.56 Å². The molecule has 2 atom stereocenters. The standard InChI is InChI=1S/C25H21F2N3O5/c1-16(32)29-25(2,24(26)27)21(23(34)30-35)28-22(33)20-13-11-18(12-14-20)6-4-3-5-17-7-9-19(15-31)10-8-17/h7-15,21,24,35H,1-2H3,(H,28,33)(H,29,32)(H,30,34). The molecule has 35 heavy (non-hydrogen) atoms. The smallest absolute Gasteiger partial charge is 0.268 e. The summed E-state index contributed by atoms with van der Waals surface area (Å²) in [6, 6.07) is 10.3. The molecule has 0 saturated heterocycles. The third kappa shape index (κ3) is 7.22. The summed E-state index contributed by atoms with van der Waals surface area (Å²) in [6.07, 6.45) is -2.53. The number of rotatable bonds is 7. The zero-order valence-corrected chi connectivity index (χ0v) is 18.7. The first-order valence-corrected chi connectivity index (χ1v) is 10.1. The summed E-state index contributed by atoms with van der Waals surface area (Å²) >= 11 is 0. The monoisotopic (exact) mass is 481 g/mol. The third-order valence-corrected chi connectivity index (χ3v) is 4.82. The fraction of sp³-hybridized carbons (Fsp3) is 0.200. The minimum absolute atomic E-state index is 0.0204. The van der Waals surface area contributed by atoms with Crippen LogP contribution in [-0.4, -0.2) is 47.2 Å². The fourth-order valence-corrected chi connectivity index (χ4v) is 2.96. The molecule has 0 saturated carbocycles. The lowest BCUT2D eigenvalue weighted by atomic mass is 9.91. The molecule has 2 unspecified atom stereocenters. The summed E-state index contributed by atoms with van der Waals surface area (Å²) in [5.74, 6) is 7.81. The van der Waals surface area contributed by atoms with Gasteiger partial charge in [-0.1, -0.05) is 24.0 Å². The topological polar surface area (TPSA) is 125 Å². The fourth-order valence-electron chi connectivity index (χ4n) is 2.96. The number of hydrogen-bond donors (Lipinski definition) is 4. The molecule has 2 rings (SSSR count). The van der Waals surface area contributed by atoms with Crippen molar-refractivity contribution in [3.8, 4) is 23.7 Å². The van der Waals surface area contributed by atoms with Gasteiger partial charge in [0.05, 0.1) is 0 Å². The van der Waals surface area contributed by atoms with Crippen molar-refractivity contribution in [2.75, 3.05) is 0 Å². The maximum Gasteiger partial charge on any atom is 0.268 e. The molecule has 3 amide bonds. The molecular weight excluding hydrogens is 460 g/mol. The molecule has 0 fully saturated rings. The van der Waals surface area contributed by atoms with Crippen LogP contribution in [0.25, 0.3) is 0 Å². The van der Waals surface area contributed by atoms with Crippen molar-refractivity contribution in [2.24, 2.45) is 0 Å². The predicted octanol–water partition coefficient (Wildman–Crippen LogP) is 1.67. The summed E-state index contributed by atoms with van der Waals surface area (Å²) < 4.78 is 27.4. The number of amides is 3. The van der Waals surface area contributed by atoms with Gasteiger partial charge in [0.25, 0.3) is 18.2 Å². The summed E-state index contributed by atoms with van der Waals surface area (Å²) in [5.41, 5.74) is 0.464. The number of carbonyl (C=O) groups excluding carboxylic acids is 4. The molecule has 0 radical (unpaired) electrons. The minimum atomic E-state index is -3.25. The number of carbonyl (C=O) groups is 4. The lowest BCUT2D eigenvalue weighted by molar-refractivity contribution is -0.137. The van der Waals surface area contributed by atoms with Crippen molar-refractivity contribution in [1.29, 1.82) is 0 Å². The minimum Gasteiger partial charge on any atom is -0.343 e. The molecule has 0 aliphatic heterocycles. The summed E-state index contributed by atoms with van der Waals surface area (Å²) in [5, 5.41) is 13.0. The Hall–Kier alpha value is -4.54. The van der Waals surface area contributed by atoms with Gasteiger partial charge in [0, 0.05) is 29.2 Å². The van der Waals surface area contributed by atoms with Crippen molar-refractivity contribution in [3.63, 3.8) is 0 Å². The van der Waals surface area contributed by atoms with Gasteiger partial charge in [0.15, 0.2) is 0 Å². The Morgan fingerprint density at radius 1 is 0.971 bits per heavy atom. The van der Waals surface area contributed by atoms with E-state index in [1.54, 1.807) is 24.3 Å². The molecule has 0 aliphatic carbocycles. The molecule has 10 heteroatoms. The molecule has 0 aromatic heterocycles. The van der Waals surface area contributed by atoms with Gasteiger partial charge in [0.2, 0.25) is 5.91 Å². The molecule has 8 nitrogen and oxygen atoms in total. The van der Waals surface area contributed by atoms with Crippen LogP contribution in [0, 0.1) is 23.7 Å². The second-order valence-electron chi connectivity index (χ2n) is 7.46. The number of alkyl halides is 2. The molecule has 0 heterocycles. The zero-order valence-electron chi connectivity index (χ0n) is 18.7. The first-order chi connectivity index (χ1) is 16.6. The Morgan fingerprint density at radius 3 is 1.91 bits per heavy atom. The Labute approximate surface area is 200 Å². The maximum atomic E-state index is 13.7. The summed E-state index contributed by atoms with van der Waals surface area (Å²) in [7, 11) is 0. The summed E-state index contributed by atoms with van der Waals surface area (Å²) in [6.45, 7) is 1.85. The van der Waals surface area contributed by atoms with Crippen molar-refractivity contribution in [3.05, 3.63) is 70.8 Å². The van der Waals surface area contributed by atoms with Crippen molar-refractivity contribution in [1.82, 2.24) is 16.1 Å². The van der Waals surface area contributed by atoms with Gasteiger partial charge in [-0.05, 0) is 55.2 Å². The largest absolute Gasteiger partial charge is 0.343 e. The van der Waals surface area contributed by atoms with Gasteiger partial charge in [0.1, 0.15) is 17.9 Å². The number of benzene rings is 2. The molecule has 180 valence electrons. The van der Waals surface area contributed by atoms with E-state index in [2.05, 4.69) is 29.0 Å². The second-order valence-corrected chi connectivity index (χ2v) is 7.46. The average molecular weight is 481 g/mol. The number of hydroxylamine groups is 1. The lowest BCUT2D eigenvalue weighted by Gasteiger charge is -2.36.